The van der Waals surface area contributed by atoms with Crippen molar-refractivity contribution in [2.24, 2.45) is 5.92 Å². The standard InChI is InChI=1S/C20H24BN4O4/c1-29-21-22-14-15-9-11-24(12-10-15)19-13-16(7-8-18(19)25(27)28)20(26)23-17-5-3-2-4-6-17/h2-8,13,15,22H,9-12,14H2,1H3,(H,23,26). The summed E-state index contributed by atoms with van der Waals surface area (Å²) in [5.41, 5.74) is 1.59. The third-order valence-corrected chi connectivity index (χ3v) is 5.03. The number of rotatable bonds is 8. The first kappa shape index (κ1) is 20.8. The van der Waals surface area contributed by atoms with Gasteiger partial charge in [-0.05, 0) is 49.6 Å². The maximum Gasteiger partial charge on any atom is 0.395 e. The highest BCUT2D eigenvalue weighted by Gasteiger charge is 2.26. The predicted molar refractivity (Wildman–Crippen MR) is 113 cm³/mol. The minimum atomic E-state index is -0.393. The Kier molecular flexibility index (Phi) is 7.21. The molecular weight excluding hydrogens is 371 g/mol. The van der Waals surface area contributed by atoms with E-state index < -0.39 is 4.92 Å². The summed E-state index contributed by atoms with van der Waals surface area (Å²) >= 11 is 0. The molecule has 0 atom stereocenters. The molecule has 0 saturated carbocycles. The van der Waals surface area contributed by atoms with Crippen LogP contribution >= 0.6 is 0 Å². The molecule has 2 aromatic carbocycles. The lowest BCUT2D eigenvalue weighted by Crippen LogP contribution is -2.38. The molecule has 1 saturated heterocycles. The number of nitrogens with one attached hydrogen (secondary N) is 2. The summed E-state index contributed by atoms with van der Waals surface area (Å²) in [5.74, 6) is 0.183. The zero-order valence-electron chi connectivity index (χ0n) is 16.3. The number of nitro groups is 1. The molecule has 0 aromatic heterocycles. The van der Waals surface area contributed by atoms with Gasteiger partial charge in [0.25, 0.3) is 11.6 Å². The fourth-order valence-electron chi connectivity index (χ4n) is 3.47. The van der Waals surface area contributed by atoms with Crippen LogP contribution in [0.2, 0.25) is 0 Å². The van der Waals surface area contributed by atoms with E-state index in [0.717, 1.165) is 19.4 Å². The van der Waals surface area contributed by atoms with Gasteiger partial charge in [-0.2, -0.15) is 0 Å². The molecule has 3 rings (SSSR count). The third-order valence-electron chi connectivity index (χ3n) is 5.03. The maximum absolute atomic E-state index is 12.6. The van der Waals surface area contributed by atoms with Crippen LogP contribution < -0.4 is 15.4 Å². The molecule has 1 aliphatic heterocycles. The number of anilines is 2. The molecule has 151 valence electrons. The highest BCUT2D eigenvalue weighted by Crippen LogP contribution is 2.32. The first-order chi connectivity index (χ1) is 14.1. The van der Waals surface area contributed by atoms with Gasteiger partial charge in [-0.25, -0.2) is 0 Å². The average Bonchev–Trinajstić information content (AvgIpc) is 2.74. The van der Waals surface area contributed by atoms with Gasteiger partial charge in [-0.1, -0.05) is 18.2 Å². The van der Waals surface area contributed by atoms with E-state index in [-0.39, 0.29) is 11.6 Å². The summed E-state index contributed by atoms with van der Waals surface area (Å²) in [6.45, 7) is 2.21. The van der Waals surface area contributed by atoms with E-state index in [9.17, 15) is 14.9 Å². The predicted octanol–water partition coefficient (Wildman–Crippen LogP) is 2.83. The van der Waals surface area contributed by atoms with Gasteiger partial charge >= 0.3 is 7.62 Å². The largest absolute Gasteiger partial charge is 0.427 e. The van der Waals surface area contributed by atoms with Crippen LogP contribution in [0, 0.1) is 16.0 Å². The smallest absolute Gasteiger partial charge is 0.395 e. The third kappa shape index (κ3) is 5.55. The molecule has 29 heavy (non-hydrogen) atoms. The van der Waals surface area contributed by atoms with Crippen LogP contribution in [0.25, 0.3) is 0 Å². The van der Waals surface area contributed by atoms with Crippen molar-refractivity contribution >= 4 is 30.6 Å². The molecule has 2 aromatic rings. The van der Waals surface area contributed by atoms with Gasteiger partial charge in [0.2, 0.25) is 0 Å². The van der Waals surface area contributed by atoms with E-state index in [0.29, 0.717) is 35.9 Å². The Labute approximate surface area is 170 Å². The van der Waals surface area contributed by atoms with Crippen LogP contribution in [-0.2, 0) is 4.65 Å². The number of amides is 1. The van der Waals surface area contributed by atoms with Crippen molar-refractivity contribution in [1.29, 1.82) is 0 Å². The number of para-hydroxylation sites is 1. The van der Waals surface area contributed by atoms with Gasteiger partial charge in [0.1, 0.15) is 5.69 Å². The van der Waals surface area contributed by atoms with Crippen LogP contribution in [0.15, 0.2) is 48.5 Å². The molecule has 0 spiro atoms. The Hall–Kier alpha value is -2.91. The number of carbonyl (C=O) groups is 1. The van der Waals surface area contributed by atoms with Gasteiger partial charge in [0.05, 0.1) is 4.92 Å². The monoisotopic (exact) mass is 395 g/mol. The summed E-state index contributed by atoms with van der Waals surface area (Å²) in [6, 6.07) is 13.7. The Balaban J connectivity index is 1.72. The minimum Gasteiger partial charge on any atom is -0.427 e. The van der Waals surface area contributed by atoms with Crippen molar-refractivity contribution in [2.75, 3.05) is 37.0 Å². The lowest BCUT2D eigenvalue weighted by molar-refractivity contribution is -0.384. The summed E-state index contributed by atoms with van der Waals surface area (Å²) in [4.78, 5) is 25.7. The van der Waals surface area contributed by atoms with Crippen molar-refractivity contribution in [1.82, 2.24) is 5.23 Å². The van der Waals surface area contributed by atoms with E-state index in [1.807, 2.05) is 23.1 Å². The second-order valence-electron chi connectivity index (χ2n) is 6.97. The fourth-order valence-corrected chi connectivity index (χ4v) is 3.47. The van der Waals surface area contributed by atoms with E-state index in [4.69, 9.17) is 4.65 Å². The summed E-state index contributed by atoms with van der Waals surface area (Å²) in [6.07, 6.45) is 1.81. The van der Waals surface area contributed by atoms with Crippen LogP contribution in [0.4, 0.5) is 17.1 Å². The molecule has 1 radical (unpaired) electrons. The number of nitro benzene ring substituents is 1. The molecule has 0 bridgehead atoms. The number of nitrogens with zero attached hydrogens (tertiary/aromatic N) is 2. The molecular formula is C20H24BN4O4. The zero-order valence-corrected chi connectivity index (χ0v) is 16.3. The van der Waals surface area contributed by atoms with Crippen molar-refractivity contribution in [2.45, 2.75) is 12.8 Å². The molecule has 9 heteroatoms. The number of carbonyl (C=O) groups excluding carboxylic acids is 1. The lowest BCUT2D eigenvalue weighted by Gasteiger charge is -2.33. The lowest BCUT2D eigenvalue weighted by atomic mass is 9.95. The minimum absolute atomic E-state index is 0.0190. The van der Waals surface area contributed by atoms with E-state index in [2.05, 4.69) is 10.5 Å². The summed E-state index contributed by atoms with van der Waals surface area (Å²) in [5, 5.41) is 17.5. The van der Waals surface area contributed by atoms with Gasteiger partial charge in [0.15, 0.2) is 0 Å². The molecule has 0 unspecified atom stereocenters. The molecule has 1 amide bonds. The molecule has 1 aliphatic rings. The Morgan fingerprint density at radius 3 is 2.62 bits per heavy atom. The zero-order chi connectivity index (χ0) is 20.6. The van der Waals surface area contributed by atoms with Crippen molar-refractivity contribution in [3.05, 3.63) is 64.2 Å². The maximum atomic E-state index is 12.6. The van der Waals surface area contributed by atoms with Crippen LogP contribution in [0.1, 0.15) is 23.2 Å². The number of piperidine rings is 1. The molecule has 2 N–H and O–H groups in total. The van der Waals surface area contributed by atoms with Gasteiger partial charge in [-0.3, -0.25) is 14.9 Å². The first-order valence-electron chi connectivity index (χ1n) is 9.56. The normalized spacial score (nSPS) is 14.4. The van der Waals surface area contributed by atoms with E-state index in [1.54, 1.807) is 32.9 Å². The number of hydrogen-bond acceptors (Lipinski definition) is 6. The first-order valence-corrected chi connectivity index (χ1v) is 9.56. The highest BCUT2D eigenvalue weighted by molar-refractivity contribution is 6.23. The SMILES string of the molecule is CO[B]NCC1CCN(c2cc(C(=O)Nc3ccccc3)ccc2[N+](=O)[O-])CC1. The van der Waals surface area contributed by atoms with Crippen LogP contribution in [0.3, 0.4) is 0 Å². The highest BCUT2D eigenvalue weighted by atomic mass is 16.6. The topological polar surface area (TPSA) is 96.7 Å². The molecule has 1 fully saturated rings. The average molecular weight is 395 g/mol. The van der Waals surface area contributed by atoms with Crippen molar-refractivity contribution in [3.8, 4) is 0 Å². The summed E-state index contributed by atoms with van der Waals surface area (Å²) < 4.78 is 4.88. The van der Waals surface area contributed by atoms with Crippen LogP contribution in [-0.4, -0.2) is 45.2 Å². The molecule has 8 nitrogen and oxygen atoms in total. The fraction of sp³-hybridized carbons (Fsp3) is 0.350. The van der Waals surface area contributed by atoms with Crippen molar-refractivity contribution in [3.63, 3.8) is 0 Å². The number of hydrogen-bond donors (Lipinski definition) is 2. The molecule has 0 aliphatic carbocycles. The second-order valence-corrected chi connectivity index (χ2v) is 6.97. The van der Waals surface area contributed by atoms with E-state index >= 15 is 0 Å². The van der Waals surface area contributed by atoms with Crippen LogP contribution in [0.5, 0.6) is 0 Å². The summed E-state index contributed by atoms with van der Waals surface area (Å²) in [7, 11) is 3.15. The van der Waals surface area contributed by atoms with Gasteiger partial charge in [-0.15, -0.1) is 0 Å². The van der Waals surface area contributed by atoms with Gasteiger partial charge < -0.3 is 20.1 Å². The Bertz CT molecular complexity index is 842. The van der Waals surface area contributed by atoms with Crippen molar-refractivity contribution < 1.29 is 14.4 Å². The Morgan fingerprint density at radius 2 is 1.97 bits per heavy atom. The molecule has 1 heterocycles. The van der Waals surface area contributed by atoms with E-state index in [1.165, 1.54) is 12.1 Å². The quantitative estimate of drug-likeness (QED) is 0.309. The van der Waals surface area contributed by atoms with Gasteiger partial charge in [0, 0.05) is 37.5 Å². The Morgan fingerprint density at radius 1 is 1.24 bits per heavy atom. The number of benzene rings is 2. The second kappa shape index (κ2) is 10.0.